The van der Waals surface area contributed by atoms with Crippen molar-refractivity contribution in [1.29, 1.82) is 0 Å². The molecule has 0 radical (unpaired) electrons. The Morgan fingerprint density at radius 3 is 2.56 bits per heavy atom. The molecule has 0 aliphatic carbocycles. The van der Waals surface area contributed by atoms with Crippen LogP contribution in [0, 0.1) is 21.3 Å². The summed E-state index contributed by atoms with van der Waals surface area (Å²) in [6.07, 6.45) is 0. The third-order valence-electron chi connectivity index (χ3n) is 2.71. The molecule has 0 aromatic heterocycles. The molecule has 0 unspecified atom stereocenters. The van der Waals surface area contributed by atoms with Gasteiger partial charge in [-0.05, 0) is 17.5 Å². The molecule has 18 heavy (non-hydrogen) atoms. The lowest BCUT2D eigenvalue weighted by Crippen LogP contribution is -2.37. The van der Waals surface area contributed by atoms with Crippen molar-refractivity contribution in [2.24, 2.45) is 5.41 Å². The third-order valence-corrected chi connectivity index (χ3v) is 2.71. The molecule has 0 aliphatic heterocycles. The summed E-state index contributed by atoms with van der Waals surface area (Å²) < 4.78 is 13.0. The van der Waals surface area contributed by atoms with Crippen LogP contribution >= 0.6 is 0 Å². The van der Waals surface area contributed by atoms with Crippen molar-refractivity contribution in [1.82, 2.24) is 0 Å². The van der Waals surface area contributed by atoms with Crippen molar-refractivity contribution < 1.29 is 14.4 Å². The molecule has 6 heteroatoms. The van der Waals surface area contributed by atoms with Gasteiger partial charge in [0, 0.05) is 0 Å². The summed E-state index contributed by atoms with van der Waals surface area (Å²) in [4.78, 5) is 10.2. The number of aliphatic hydroxyl groups is 1. The van der Waals surface area contributed by atoms with E-state index in [1.807, 2.05) is 20.8 Å². The molecule has 0 aliphatic rings. The Labute approximate surface area is 105 Å². The summed E-state index contributed by atoms with van der Waals surface area (Å²) in [6.45, 7) is 5.53. The van der Waals surface area contributed by atoms with Crippen LogP contribution in [-0.4, -0.2) is 22.7 Å². The van der Waals surface area contributed by atoms with Gasteiger partial charge in [0.2, 0.25) is 0 Å². The number of nitro benzene ring substituents is 1. The van der Waals surface area contributed by atoms with Crippen LogP contribution in [0.5, 0.6) is 0 Å². The van der Waals surface area contributed by atoms with E-state index in [9.17, 15) is 19.6 Å². The van der Waals surface area contributed by atoms with E-state index in [2.05, 4.69) is 5.32 Å². The van der Waals surface area contributed by atoms with Crippen molar-refractivity contribution >= 4 is 11.4 Å². The fraction of sp³-hybridized carbons (Fsp3) is 0.500. The summed E-state index contributed by atoms with van der Waals surface area (Å²) >= 11 is 0. The summed E-state index contributed by atoms with van der Waals surface area (Å²) in [5.74, 6) is -0.663. The summed E-state index contributed by atoms with van der Waals surface area (Å²) in [6, 6.07) is 2.95. The van der Waals surface area contributed by atoms with Gasteiger partial charge in [-0.25, -0.2) is 4.39 Å². The van der Waals surface area contributed by atoms with Gasteiger partial charge in [-0.3, -0.25) is 10.1 Å². The lowest BCUT2D eigenvalue weighted by Gasteiger charge is -2.30. The fourth-order valence-electron chi connectivity index (χ4n) is 1.50. The second-order valence-corrected chi connectivity index (χ2v) is 5.16. The number of aliphatic hydroxyl groups excluding tert-OH is 1. The van der Waals surface area contributed by atoms with Crippen LogP contribution in [-0.2, 0) is 0 Å². The highest BCUT2D eigenvalue weighted by Gasteiger charge is 2.26. The van der Waals surface area contributed by atoms with E-state index in [1.165, 1.54) is 6.07 Å². The van der Waals surface area contributed by atoms with Crippen LogP contribution in [0.25, 0.3) is 0 Å². The molecule has 100 valence electrons. The molecule has 1 aromatic carbocycles. The SMILES string of the molecule is CC(C)(C)[C@@H](CO)Nc1ccc(F)cc1[N+](=O)[O-]. The zero-order chi connectivity index (χ0) is 13.9. The largest absolute Gasteiger partial charge is 0.394 e. The molecular formula is C12H17FN2O3. The Kier molecular flexibility index (Phi) is 4.24. The van der Waals surface area contributed by atoms with Gasteiger partial charge in [0.1, 0.15) is 11.5 Å². The molecule has 1 atom stereocenters. The van der Waals surface area contributed by atoms with E-state index in [0.29, 0.717) is 0 Å². The minimum atomic E-state index is -0.663. The highest BCUT2D eigenvalue weighted by molar-refractivity contribution is 5.62. The molecule has 0 heterocycles. The topological polar surface area (TPSA) is 75.4 Å². The summed E-state index contributed by atoms with van der Waals surface area (Å²) in [5.41, 5.74) is -0.412. The van der Waals surface area contributed by atoms with Crippen molar-refractivity contribution in [3.63, 3.8) is 0 Å². The number of halogens is 1. The van der Waals surface area contributed by atoms with Crippen molar-refractivity contribution in [2.75, 3.05) is 11.9 Å². The van der Waals surface area contributed by atoms with Crippen LogP contribution in [0.4, 0.5) is 15.8 Å². The predicted molar refractivity (Wildman–Crippen MR) is 67.0 cm³/mol. The number of hydrogen-bond donors (Lipinski definition) is 2. The van der Waals surface area contributed by atoms with Crippen molar-refractivity contribution in [3.05, 3.63) is 34.1 Å². The van der Waals surface area contributed by atoms with Gasteiger partial charge in [0.05, 0.1) is 23.6 Å². The van der Waals surface area contributed by atoms with Crippen LogP contribution in [0.2, 0.25) is 0 Å². The minimum absolute atomic E-state index is 0.169. The first-order chi connectivity index (χ1) is 8.25. The number of nitro groups is 1. The van der Waals surface area contributed by atoms with Gasteiger partial charge in [0.25, 0.3) is 5.69 Å². The molecule has 2 N–H and O–H groups in total. The van der Waals surface area contributed by atoms with E-state index in [-0.39, 0.29) is 29.4 Å². The van der Waals surface area contributed by atoms with Crippen molar-refractivity contribution in [2.45, 2.75) is 26.8 Å². The maximum atomic E-state index is 13.0. The molecule has 0 bridgehead atoms. The lowest BCUT2D eigenvalue weighted by atomic mass is 9.87. The monoisotopic (exact) mass is 256 g/mol. The van der Waals surface area contributed by atoms with Gasteiger partial charge in [-0.1, -0.05) is 20.8 Å². The first-order valence-corrected chi connectivity index (χ1v) is 5.57. The van der Waals surface area contributed by atoms with Crippen LogP contribution < -0.4 is 5.32 Å². The van der Waals surface area contributed by atoms with Crippen LogP contribution in [0.15, 0.2) is 18.2 Å². The van der Waals surface area contributed by atoms with Crippen LogP contribution in [0.3, 0.4) is 0 Å². The maximum Gasteiger partial charge on any atom is 0.295 e. The van der Waals surface area contributed by atoms with Gasteiger partial charge < -0.3 is 10.4 Å². The Balaban J connectivity index is 3.07. The predicted octanol–water partition coefficient (Wildman–Crippen LogP) is 2.55. The first kappa shape index (κ1) is 14.4. The minimum Gasteiger partial charge on any atom is -0.394 e. The van der Waals surface area contributed by atoms with Crippen LogP contribution in [0.1, 0.15) is 20.8 Å². The molecule has 0 saturated carbocycles. The maximum absolute atomic E-state index is 13.0. The second kappa shape index (κ2) is 5.30. The summed E-state index contributed by atoms with van der Waals surface area (Å²) in [7, 11) is 0. The van der Waals surface area contributed by atoms with E-state index in [0.717, 1.165) is 12.1 Å². The third kappa shape index (κ3) is 3.40. The Hall–Kier alpha value is -1.69. The molecule has 5 nitrogen and oxygen atoms in total. The zero-order valence-electron chi connectivity index (χ0n) is 10.6. The van der Waals surface area contributed by atoms with Gasteiger partial charge in [0.15, 0.2) is 0 Å². The number of anilines is 1. The molecule has 1 rings (SSSR count). The van der Waals surface area contributed by atoms with Gasteiger partial charge in [-0.15, -0.1) is 0 Å². The lowest BCUT2D eigenvalue weighted by molar-refractivity contribution is -0.384. The normalized spacial score (nSPS) is 13.2. The molecule has 0 spiro atoms. The second-order valence-electron chi connectivity index (χ2n) is 5.16. The number of nitrogens with zero attached hydrogens (tertiary/aromatic N) is 1. The number of hydrogen-bond acceptors (Lipinski definition) is 4. The zero-order valence-corrected chi connectivity index (χ0v) is 10.6. The number of rotatable bonds is 4. The van der Waals surface area contributed by atoms with Crippen molar-refractivity contribution in [3.8, 4) is 0 Å². The van der Waals surface area contributed by atoms with E-state index >= 15 is 0 Å². The Morgan fingerprint density at radius 1 is 1.50 bits per heavy atom. The molecule has 0 saturated heterocycles. The van der Waals surface area contributed by atoms with Gasteiger partial charge >= 0.3 is 0 Å². The molecule has 0 amide bonds. The Bertz CT molecular complexity index is 443. The summed E-state index contributed by atoms with van der Waals surface area (Å²) in [5, 5.41) is 23.0. The molecule has 0 fully saturated rings. The first-order valence-electron chi connectivity index (χ1n) is 5.57. The quantitative estimate of drug-likeness (QED) is 0.641. The standard InChI is InChI=1S/C12H17FN2O3/c1-12(2,3)11(7-16)14-9-5-4-8(13)6-10(9)15(17)18/h4-6,11,14,16H,7H2,1-3H3/t11-/m1/s1. The van der Waals surface area contributed by atoms with E-state index < -0.39 is 10.7 Å². The van der Waals surface area contributed by atoms with Gasteiger partial charge in [-0.2, -0.15) is 0 Å². The fourth-order valence-corrected chi connectivity index (χ4v) is 1.50. The average molecular weight is 256 g/mol. The number of nitrogens with one attached hydrogen (secondary N) is 1. The van der Waals surface area contributed by atoms with E-state index in [1.54, 1.807) is 0 Å². The average Bonchev–Trinajstić information content (AvgIpc) is 2.25. The highest BCUT2D eigenvalue weighted by Crippen LogP contribution is 2.29. The van der Waals surface area contributed by atoms with E-state index in [4.69, 9.17) is 0 Å². The smallest absolute Gasteiger partial charge is 0.295 e. The number of benzene rings is 1. The molecule has 1 aromatic rings. The highest BCUT2D eigenvalue weighted by atomic mass is 19.1. The molecular weight excluding hydrogens is 239 g/mol. The Morgan fingerprint density at radius 2 is 2.11 bits per heavy atom.